The molecule has 1 amide bonds. The number of anilines is 1. The summed E-state index contributed by atoms with van der Waals surface area (Å²) in [6.45, 7) is 4.56. The van der Waals surface area contributed by atoms with Gasteiger partial charge in [-0.3, -0.25) is 10.1 Å². The maximum atomic E-state index is 12.6. The Kier molecular flexibility index (Phi) is 8.20. The second kappa shape index (κ2) is 11.5. The molecule has 0 fully saturated rings. The van der Waals surface area contributed by atoms with E-state index in [1.807, 2.05) is 42.5 Å². The fourth-order valence-corrected chi connectivity index (χ4v) is 3.03. The molecule has 0 unspecified atom stereocenters. The number of benzene rings is 3. The van der Waals surface area contributed by atoms with Crippen LogP contribution in [0.4, 0.5) is 5.69 Å². The van der Waals surface area contributed by atoms with Crippen LogP contribution in [0.15, 0.2) is 91.5 Å². The zero-order valence-electron chi connectivity index (χ0n) is 17.0. The highest BCUT2D eigenvalue weighted by molar-refractivity contribution is 7.80. The second-order valence-corrected chi connectivity index (χ2v) is 7.06. The zero-order valence-corrected chi connectivity index (χ0v) is 17.9. The highest BCUT2D eigenvalue weighted by atomic mass is 32.1. The normalized spacial score (nSPS) is 10.1. The van der Waals surface area contributed by atoms with Gasteiger partial charge in [0.05, 0.1) is 6.61 Å². The quantitative estimate of drug-likeness (QED) is 0.368. The van der Waals surface area contributed by atoms with Crippen LogP contribution in [0.5, 0.6) is 11.5 Å². The number of thiocarbonyl (C=S) groups is 1. The van der Waals surface area contributed by atoms with Gasteiger partial charge in [-0.2, -0.15) is 0 Å². The van der Waals surface area contributed by atoms with E-state index in [2.05, 4.69) is 29.3 Å². The monoisotopic (exact) mass is 432 g/mol. The number of hydrogen-bond acceptors (Lipinski definition) is 4. The summed E-state index contributed by atoms with van der Waals surface area (Å²) in [4.78, 5) is 12.6. The second-order valence-electron chi connectivity index (χ2n) is 6.65. The van der Waals surface area contributed by atoms with Gasteiger partial charge in [0.25, 0.3) is 5.91 Å². The predicted molar refractivity (Wildman–Crippen MR) is 128 cm³/mol. The molecule has 0 aromatic heterocycles. The van der Waals surface area contributed by atoms with Crippen LogP contribution in [0, 0.1) is 0 Å². The van der Waals surface area contributed by atoms with E-state index in [9.17, 15) is 4.79 Å². The van der Waals surface area contributed by atoms with E-state index in [1.165, 1.54) is 5.56 Å². The number of carbonyl (C=O) groups excluding carboxylic acids is 1. The summed E-state index contributed by atoms with van der Waals surface area (Å²) in [5, 5.41) is 5.87. The van der Waals surface area contributed by atoms with Gasteiger partial charge in [-0.25, -0.2) is 0 Å². The fraction of sp³-hybridized carbons (Fsp3) is 0.120. The fourth-order valence-electron chi connectivity index (χ4n) is 2.81. The molecule has 31 heavy (non-hydrogen) atoms. The lowest BCUT2D eigenvalue weighted by atomic mass is 10.2. The van der Waals surface area contributed by atoms with Crippen LogP contribution in [-0.4, -0.2) is 24.2 Å². The molecule has 0 heterocycles. The third-order valence-electron chi connectivity index (χ3n) is 4.29. The molecule has 3 aromatic rings. The molecule has 158 valence electrons. The molecule has 0 aliphatic heterocycles. The average molecular weight is 433 g/mol. The third kappa shape index (κ3) is 7.28. The van der Waals surface area contributed by atoms with Crippen molar-refractivity contribution in [3.8, 4) is 11.5 Å². The van der Waals surface area contributed by atoms with Gasteiger partial charge in [0, 0.05) is 23.7 Å². The maximum Gasteiger partial charge on any atom is 0.257 e. The van der Waals surface area contributed by atoms with E-state index < -0.39 is 0 Å². The Morgan fingerprint density at radius 1 is 0.935 bits per heavy atom. The first-order valence-electron chi connectivity index (χ1n) is 9.87. The lowest BCUT2D eigenvalue weighted by Gasteiger charge is -2.12. The van der Waals surface area contributed by atoms with Crippen molar-refractivity contribution in [3.05, 3.63) is 103 Å². The van der Waals surface area contributed by atoms with E-state index in [-0.39, 0.29) is 11.0 Å². The zero-order chi connectivity index (χ0) is 21.9. The van der Waals surface area contributed by atoms with Gasteiger partial charge in [0.15, 0.2) is 5.11 Å². The number of rotatable bonds is 9. The van der Waals surface area contributed by atoms with Gasteiger partial charge in [-0.05, 0) is 48.1 Å². The summed E-state index contributed by atoms with van der Waals surface area (Å²) in [6, 6.07) is 24.4. The summed E-state index contributed by atoms with van der Waals surface area (Å²) in [5.41, 5.74) is 2.38. The molecule has 0 bridgehead atoms. The van der Waals surface area contributed by atoms with Crippen LogP contribution < -0.4 is 20.1 Å². The number of ether oxygens (including phenoxy) is 2. The molecule has 6 heteroatoms. The van der Waals surface area contributed by atoms with E-state index in [1.54, 1.807) is 30.3 Å². The third-order valence-corrected chi connectivity index (χ3v) is 4.49. The topological polar surface area (TPSA) is 59.6 Å². The minimum absolute atomic E-state index is 0.196. The molecule has 2 N–H and O–H groups in total. The van der Waals surface area contributed by atoms with Crippen molar-refractivity contribution in [1.29, 1.82) is 0 Å². The lowest BCUT2D eigenvalue weighted by molar-refractivity contribution is 0.0977. The summed E-state index contributed by atoms with van der Waals surface area (Å²) >= 11 is 5.27. The maximum absolute atomic E-state index is 12.6. The van der Waals surface area contributed by atoms with E-state index in [0.29, 0.717) is 36.0 Å². The first kappa shape index (κ1) is 22.1. The molecule has 0 radical (unpaired) electrons. The molecule has 0 atom stereocenters. The highest BCUT2D eigenvalue weighted by Crippen LogP contribution is 2.18. The number of nitrogens with one attached hydrogen (secondary N) is 2. The summed E-state index contributed by atoms with van der Waals surface area (Å²) in [6.07, 6.45) is 2.46. The van der Waals surface area contributed by atoms with Crippen molar-refractivity contribution in [2.24, 2.45) is 0 Å². The molecular formula is C25H24N2O3S. The van der Waals surface area contributed by atoms with Crippen LogP contribution >= 0.6 is 12.2 Å². The van der Waals surface area contributed by atoms with Gasteiger partial charge < -0.3 is 14.8 Å². The van der Waals surface area contributed by atoms with Gasteiger partial charge in [-0.15, -0.1) is 0 Å². The lowest BCUT2D eigenvalue weighted by Crippen LogP contribution is -2.34. The summed E-state index contributed by atoms with van der Waals surface area (Å²) in [5.74, 6) is 0.999. The predicted octanol–water partition coefficient (Wildman–Crippen LogP) is 5.00. The largest absolute Gasteiger partial charge is 0.493 e. The Hall–Kier alpha value is -3.64. The van der Waals surface area contributed by atoms with E-state index in [0.717, 1.165) is 6.42 Å². The van der Waals surface area contributed by atoms with Crippen molar-refractivity contribution in [2.45, 2.75) is 6.42 Å². The first-order chi connectivity index (χ1) is 15.1. The molecule has 0 saturated heterocycles. The van der Waals surface area contributed by atoms with Crippen LogP contribution in [0.1, 0.15) is 15.9 Å². The Labute approximate surface area is 187 Å². The van der Waals surface area contributed by atoms with E-state index >= 15 is 0 Å². The van der Waals surface area contributed by atoms with Crippen LogP contribution in [0.2, 0.25) is 0 Å². The number of amides is 1. The van der Waals surface area contributed by atoms with Crippen molar-refractivity contribution >= 4 is 28.9 Å². The molecule has 0 aliphatic rings. The van der Waals surface area contributed by atoms with Crippen molar-refractivity contribution in [3.63, 3.8) is 0 Å². The Morgan fingerprint density at radius 3 is 2.45 bits per heavy atom. The molecular weight excluding hydrogens is 408 g/mol. The smallest absolute Gasteiger partial charge is 0.257 e. The summed E-state index contributed by atoms with van der Waals surface area (Å²) < 4.78 is 11.3. The van der Waals surface area contributed by atoms with Gasteiger partial charge in [0.2, 0.25) is 0 Å². The van der Waals surface area contributed by atoms with Crippen molar-refractivity contribution in [2.75, 3.05) is 18.5 Å². The minimum atomic E-state index is -0.315. The molecule has 0 saturated carbocycles. The van der Waals surface area contributed by atoms with Crippen LogP contribution in [0.3, 0.4) is 0 Å². The molecule has 3 rings (SSSR count). The standard InChI is InChI=1S/C25H24N2O3S/c1-2-15-29-23-13-7-11-21(18-23)26-25(31)27-24(28)20-10-6-12-22(17-20)30-16-14-19-8-4-3-5-9-19/h2-13,17-18H,1,14-16H2,(H2,26,27,28,31). The molecule has 5 nitrogen and oxygen atoms in total. The van der Waals surface area contributed by atoms with Crippen LogP contribution in [-0.2, 0) is 6.42 Å². The average Bonchev–Trinajstić information content (AvgIpc) is 2.79. The molecule has 0 aliphatic carbocycles. The van der Waals surface area contributed by atoms with Gasteiger partial charge >= 0.3 is 0 Å². The number of carbonyl (C=O) groups is 1. The Bertz CT molecular complexity index is 1040. The van der Waals surface area contributed by atoms with Crippen molar-refractivity contribution < 1.29 is 14.3 Å². The number of hydrogen-bond donors (Lipinski definition) is 2. The SMILES string of the molecule is C=CCOc1cccc(NC(=S)NC(=O)c2cccc(OCCc3ccccc3)c2)c1. The minimum Gasteiger partial charge on any atom is -0.493 e. The highest BCUT2D eigenvalue weighted by Gasteiger charge is 2.10. The summed E-state index contributed by atoms with van der Waals surface area (Å²) in [7, 11) is 0. The Morgan fingerprint density at radius 2 is 1.68 bits per heavy atom. The Balaban J connectivity index is 1.52. The molecule has 3 aromatic carbocycles. The first-order valence-corrected chi connectivity index (χ1v) is 10.3. The van der Waals surface area contributed by atoms with E-state index in [4.69, 9.17) is 21.7 Å². The van der Waals surface area contributed by atoms with Crippen molar-refractivity contribution in [1.82, 2.24) is 5.32 Å². The molecule has 0 spiro atoms. The van der Waals surface area contributed by atoms with Gasteiger partial charge in [-0.1, -0.05) is 55.1 Å². The van der Waals surface area contributed by atoms with Gasteiger partial charge in [0.1, 0.15) is 18.1 Å². The van der Waals surface area contributed by atoms with Crippen LogP contribution in [0.25, 0.3) is 0 Å².